The molecule has 0 saturated heterocycles. The second kappa shape index (κ2) is 8.42. The summed E-state index contributed by atoms with van der Waals surface area (Å²) in [6, 6.07) is 11.6. The zero-order chi connectivity index (χ0) is 20.1. The maximum Gasteiger partial charge on any atom is 0.417 e. The minimum Gasteiger partial charge on any atom is -0.356 e. The Morgan fingerprint density at radius 1 is 1.14 bits per heavy atom. The van der Waals surface area contributed by atoms with E-state index in [2.05, 4.69) is 20.5 Å². The van der Waals surface area contributed by atoms with E-state index in [0.717, 1.165) is 29.7 Å². The molecule has 3 aromatic rings. The Hall–Kier alpha value is -2.88. The molecule has 0 aliphatic heterocycles. The highest BCUT2D eigenvalue weighted by molar-refractivity contribution is 7.99. The van der Waals surface area contributed by atoms with Crippen LogP contribution in [0.1, 0.15) is 18.3 Å². The molecule has 146 valence electrons. The Bertz CT molecular complexity index is 942. The number of nitrogens with one attached hydrogen (secondary N) is 1. The predicted molar refractivity (Wildman–Crippen MR) is 97.1 cm³/mol. The lowest BCUT2D eigenvalue weighted by Gasteiger charge is -2.10. The van der Waals surface area contributed by atoms with Crippen molar-refractivity contribution in [3.8, 4) is 5.69 Å². The van der Waals surface area contributed by atoms with E-state index < -0.39 is 11.7 Å². The average molecular weight is 407 g/mol. The third-order valence-electron chi connectivity index (χ3n) is 3.70. The first-order chi connectivity index (χ1) is 13.3. The number of pyridine rings is 1. The number of carbonyl (C=O) groups excluding carboxylic acids is 1. The third kappa shape index (κ3) is 4.89. The monoisotopic (exact) mass is 407 g/mol. The van der Waals surface area contributed by atoms with Crippen LogP contribution in [0.15, 0.2) is 58.8 Å². The highest BCUT2D eigenvalue weighted by atomic mass is 32.2. The maximum atomic E-state index is 12.7. The van der Waals surface area contributed by atoms with Crippen molar-refractivity contribution in [1.29, 1.82) is 0 Å². The fourth-order valence-corrected chi connectivity index (χ4v) is 3.23. The van der Waals surface area contributed by atoms with E-state index in [0.29, 0.717) is 29.0 Å². The van der Waals surface area contributed by atoms with E-state index >= 15 is 0 Å². The van der Waals surface area contributed by atoms with Gasteiger partial charge in [0.2, 0.25) is 11.1 Å². The molecule has 0 fully saturated rings. The lowest BCUT2D eigenvalue weighted by Crippen LogP contribution is -2.23. The van der Waals surface area contributed by atoms with Gasteiger partial charge < -0.3 is 5.32 Å². The number of halogens is 3. The Morgan fingerprint density at radius 2 is 1.89 bits per heavy atom. The summed E-state index contributed by atoms with van der Waals surface area (Å²) in [4.78, 5) is 15.0. The molecule has 6 nitrogen and oxygen atoms in total. The van der Waals surface area contributed by atoms with Gasteiger partial charge >= 0.3 is 6.18 Å². The van der Waals surface area contributed by atoms with Crippen molar-refractivity contribution in [2.24, 2.45) is 0 Å². The van der Waals surface area contributed by atoms with Crippen LogP contribution >= 0.6 is 11.8 Å². The van der Waals surface area contributed by atoms with Gasteiger partial charge in [-0.05, 0) is 36.0 Å². The molecule has 0 aliphatic carbocycles. The van der Waals surface area contributed by atoms with Gasteiger partial charge in [0.25, 0.3) is 0 Å². The minimum atomic E-state index is -4.43. The Labute approximate surface area is 163 Å². The lowest BCUT2D eigenvalue weighted by atomic mass is 10.3. The molecule has 3 rings (SSSR count). The molecule has 0 spiro atoms. The molecule has 0 aliphatic rings. The molecule has 10 heteroatoms. The molecule has 1 aromatic carbocycles. The molecule has 28 heavy (non-hydrogen) atoms. The molecule has 0 saturated carbocycles. The Morgan fingerprint density at radius 3 is 2.50 bits per heavy atom. The van der Waals surface area contributed by atoms with Crippen LogP contribution in [0.5, 0.6) is 0 Å². The largest absolute Gasteiger partial charge is 0.417 e. The third-order valence-corrected chi connectivity index (χ3v) is 4.59. The molecule has 0 atom stereocenters. The molecule has 0 bridgehead atoms. The molecular weight excluding hydrogens is 391 g/mol. The van der Waals surface area contributed by atoms with Crippen LogP contribution in [0.4, 0.5) is 13.2 Å². The number of carbonyl (C=O) groups is 1. The van der Waals surface area contributed by atoms with Gasteiger partial charge in [-0.25, -0.2) is 4.98 Å². The summed E-state index contributed by atoms with van der Waals surface area (Å²) in [5.74, 6) is 0.476. The number of rotatable bonds is 6. The number of para-hydroxylation sites is 1. The molecule has 2 heterocycles. The number of amides is 1. The average Bonchev–Trinajstić information content (AvgIpc) is 3.04. The summed E-state index contributed by atoms with van der Waals surface area (Å²) in [5, 5.41) is 11.9. The smallest absolute Gasteiger partial charge is 0.356 e. The molecule has 1 N–H and O–H groups in total. The van der Waals surface area contributed by atoms with Crippen molar-refractivity contribution < 1.29 is 18.0 Å². The zero-order valence-corrected chi connectivity index (χ0v) is 15.6. The van der Waals surface area contributed by atoms with Crippen molar-refractivity contribution in [3.05, 3.63) is 60.0 Å². The number of alkyl halides is 3. The van der Waals surface area contributed by atoms with Crippen LogP contribution in [-0.2, 0) is 17.4 Å². The summed E-state index contributed by atoms with van der Waals surface area (Å²) in [7, 11) is 0. The van der Waals surface area contributed by atoms with E-state index in [1.165, 1.54) is 13.0 Å². The van der Waals surface area contributed by atoms with E-state index in [1.807, 2.05) is 30.3 Å². The number of hydrogen-bond acceptors (Lipinski definition) is 5. The standard InChI is InChI=1S/C18H16F3N5OS/c1-12(27)22-10-9-15-24-25-17(26(15)14-5-3-2-4-6-14)28-16-8-7-13(11-23-16)18(19,20)21/h2-8,11H,9-10H2,1H3,(H,22,27). The number of benzene rings is 1. The van der Waals surface area contributed by atoms with Gasteiger partial charge in [-0.15, -0.1) is 10.2 Å². The maximum absolute atomic E-state index is 12.7. The minimum absolute atomic E-state index is 0.144. The number of nitrogens with zero attached hydrogens (tertiary/aromatic N) is 4. The first kappa shape index (κ1) is 19.9. The quantitative estimate of drug-likeness (QED) is 0.677. The SMILES string of the molecule is CC(=O)NCCc1nnc(Sc2ccc(C(F)(F)F)cn2)n1-c1ccccc1. The van der Waals surface area contributed by atoms with Crippen molar-refractivity contribution in [2.75, 3.05) is 6.54 Å². The van der Waals surface area contributed by atoms with Crippen molar-refractivity contribution in [1.82, 2.24) is 25.1 Å². The fourth-order valence-electron chi connectivity index (χ4n) is 2.42. The van der Waals surface area contributed by atoms with Crippen LogP contribution < -0.4 is 5.32 Å². The predicted octanol–water partition coefficient (Wildman–Crippen LogP) is 3.51. The van der Waals surface area contributed by atoms with Crippen LogP contribution in [-0.4, -0.2) is 32.2 Å². The molecular formula is C18H16F3N5OS. The van der Waals surface area contributed by atoms with Crippen LogP contribution in [0, 0.1) is 0 Å². The first-order valence-corrected chi connectivity index (χ1v) is 9.11. The van der Waals surface area contributed by atoms with Gasteiger partial charge in [0.05, 0.1) is 5.56 Å². The first-order valence-electron chi connectivity index (χ1n) is 8.30. The summed E-state index contributed by atoms with van der Waals surface area (Å²) in [6.07, 6.45) is -3.19. The number of aromatic nitrogens is 4. The van der Waals surface area contributed by atoms with Crippen molar-refractivity contribution in [2.45, 2.75) is 29.7 Å². The summed E-state index contributed by atoms with van der Waals surface area (Å²) >= 11 is 1.11. The zero-order valence-electron chi connectivity index (χ0n) is 14.8. The number of hydrogen-bond donors (Lipinski definition) is 1. The highest BCUT2D eigenvalue weighted by Crippen LogP contribution is 2.32. The fraction of sp³-hybridized carbons (Fsp3) is 0.222. The van der Waals surface area contributed by atoms with Gasteiger partial charge in [-0.1, -0.05) is 18.2 Å². The van der Waals surface area contributed by atoms with Gasteiger partial charge in [0.15, 0.2) is 0 Å². The van der Waals surface area contributed by atoms with Gasteiger partial charge in [0, 0.05) is 31.8 Å². The second-order valence-corrected chi connectivity index (χ2v) is 6.78. The normalized spacial score (nSPS) is 11.4. The topological polar surface area (TPSA) is 72.7 Å². The molecule has 2 aromatic heterocycles. The van der Waals surface area contributed by atoms with E-state index in [-0.39, 0.29) is 5.91 Å². The Balaban J connectivity index is 1.88. The highest BCUT2D eigenvalue weighted by Gasteiger charge is 2.30. The van der Waals surface area contributed by atoms with Crippen LogP contribution in [0.2, 0.25) is 0 Å². The van der Waals surface area contributed by atoms with Crippen molar-refractivity contribution >= 4 is 17.7 Å². The van der Waals surface area contributed by atoms with Gasteiger partial charge in [-0.2, -0.15) is 13.2 Å². The Kier molecular flexibility index (Phi) is 5.98. The summed E-state index contributed by atoms with van der Waals surface area (Å²) < 4.78 is 39.9. The molecule has 1 amide bonds. The van der Waals surface area contributed by atoms with Crippen LogP contribution in [0.25, 0.3) is 5.69 Å². The molecule has 0 radical (unpaired) electrons. The second-order valence-electron chi connectivity index (χ2n) is 5.79. The van der Waals surface area contributed by atoms with Crippen molar-refractivity contribution in [3.63, 3.8) is 0 Å². The van der Waals surface area contributed by atoms with Gasteiger partial charge in [0.1, 0.15) is 10.9 Å². The van der Waals surface area contributed by atoms with E-state index in [9.17, 15) is 18.0 Å². The van der Waals surface area contributed by atoms with E-state index in [4.69, 9.17) is 0 Å². The van der Waals surface area contributed by atoms with E-state index in [1.54, 1.807) is 4.57 Å². The van der Waals surface area contributed by atoms with Crippen LogP contribution in [0.3, 0.4) is 0 Å². The summed E-state index contributed by atoms with van der Waals surface area (Å²) in [6.45, 7) is 1.82. The summed E-state index contributed by atoms with van der Waals surface area (Å²) in [5.41, 5.74) is -0.00268. The molecule has 0 unspecified atom stereocenters. The lowest BCUT2D eigenvalue weighted by molar-refractivity contribution is -0.137. The van der Waals surface area contributed by atoms with Gasteiger partial charge in [-0.3, -0.25) is 9.36 Å².